The Morgan fingerprint density at radius 1 is 0.882 bits per heavy atom. The molecule has 4 rings (SSSR count). The second-order valence-corrected chi connectivity index (χ2v) is 4.91. The van der Waals surface area contributed by atoms with E-state index in [2.05, 4.69) is 45.7 Å². The molecule has 0 saturated carbocycles. The summed E-state index contributed by atoms with van der Waals surface area (Å²) in [6, 6.07) is 10.6. The Labute approximate surface area is 102 Å². The van der Waals surface area contributed by atoms with Gasteiger partial charge in [-0.25, -0.2) is 9.97 Å². The van der Waals surface area contributed by atoms with Gasteiger partial charge in [-0.15, -0.1) is 11.3 Å². The van der Waals surface area contributed by atoms with Crippen molar-refractivity contribution in [3.8, 4) is 0 Å². The molecule has 0 saturated heterocycles. The lowest BCUT2D eigenvalue weighted by Gasteiger charge is -2.04. The van der Waals surface area contributed by atoms with Gasteiger partial charge < -0.3 is 0 Å². The number of nitrogens with zero attached hydrogens (tertiary/aromatic N) is 2. The Morgan fingerprint density at radius 2 is 1.71 bits per heavy atom. The van der Waals surface area contributed by atoms with Crippen LogP contribution in [0.25, 0.3) is 31.8 Å². The molecule has 2 nitrogen and oxygen atoms in total. The number of rotatable bonds is 0. The van der Waals surface area contributed by atoms with E-state index in [1.54, 1.807) is 17.7 Å². The van der Waals surface area contributed by atoms with Gasteiger partial charge in [-0.2, -0.15) is 0 Å². The summed E-state index contributed by atoms with van der Waals surface area (Å²) in [7, 11) is 0. The first-order chi connectivity index (χ1) is 8.45. The first kappa shape index (κ1) is 9.07. The first-order valence-electron chi connectivity index (χ1n) is 5.43. The van der Waals surface area contributed by atoms with Gasteiger partial charge in [0.25, 0.3) is 0 Å². The van der Waals surface area contributed by atoms with E-state index < -0.39 is 0 Å². The summed E-state index contributed by atoms with van der Waals surface area (Å²) >= 11 is 1.74. The maximum Gasteiger partial charge on any atom is 0.116 e. The number of hydrogen-bond donors (Lipinski definition) is 0. The molecule has 0 N–H and O–H groups in total. The summed E-state index contributed by atoms with van der Waals surface area (Å²) in [6.07, 6.45) is 3.53. The molecule has 2 aromatic carbocycles. The molecule has 2 aromatic heterocycles. The normalized spacial score (nSPS) is 11.5. The van der Waals surface area contributed by atoms with Crippen molar-refractivity contribution < 1.29 is 0 Å². The smallest absolute Gasteiger partial charge is 0.116 e. The SMILES string of the molecule is c1ccc2c(c1)c1cncnc1c1sccc21. The summed E-state index contributed by atoms with van der Waals surface area (Å²) in [5.74, 6) is 0. The average molecular weight is 236 g/mol. The molecule has 0 aliphatic carbocycles. The molecule has 0 aliphatic rings. The van der Waals surface area contributed by atoms with Crippen LogP contribution >= 0.6 is 11.3 Å². The molecule has 0 spiro atoms. The van der Waals surface area contributed by atoms with E-state index in [0.29, 0.717) is 0 Å². The van der Waals surface area contributed by atoms with Crippen LogP contribution in [-0.2, 0) is 0 Å². The van der Waals surface area contributed by atoms with Crippen LogP contribution in [0.3, 0.4) is 0 Å². The Morgan fingerprint density at radius 3 is 2.59 bits per heavy atom. The van der Waals surface area contributed by atoms with E-state index in [4.69, 9.17) is 0 Å². The molecule has 3 heteroatoms. The number of hydrogen-bond acceptors (Lipinski definition) is 3. The van der Waals surface area contributed by atoms with E-state index in [1.807, 2.05) is 6.20 Å². The third-order valence-corrected chi connectivity index (χ3v) is 4.02. The van der Waals surface area contributed by atoms with Gasteiger partial charge in [0, 0.05) is 17.0 Å². The molecule has 0 fully saturated rings. The van der Waals surface area contributed by atoms with Gasteiger partial charge in [-0.1, -0.05) is 24.3 Å². The topological polar surface area (TPSA) is 25.8 Å². The third-order valence-electron chi connectivity index (χ3n) is 3.10. The second-order valence-electron chi connectivity index (χ2n) is 3.99. The summed E-state index contributed by atoms with van der Waals surface area (Å²) in [5, 5.41) is 7.06. The molecule has 17 heavy (non-hydrogen) atoms. The van der Waals surface area contributed by atoms with Crippen molar-refractivity contribution in [1.29, 1.82) is 0 Å². The fraction of sp³-hybridized carbons (Fsp3) is 0. The number of benzene rings is 2. The number of thiophene rings is 1. The highest BCUT2D eigenvalue weighted by Gasteiger charge is 2.09. The van der Waals surface area contributed by atoms with Crippen molar-refractivity contribution in [3.05, 3.63) is 48.2 Å². The van der Waals surface area contributed by atoms with Crippen molar-refractivity contribution in [2.24, 2.45) is 0 Å². The van der Waals surface area contributed by atoms with Crippen LogP contribution in [0.2, 0.25) is 0 Å². The highest BCUT2D eigenvalue weighted by molar-refractivity contribution is 7.18. The standard InChI is InChI=1S/C14H8N2S/c1-2-4-10-9(3-1)11-5-6-17-14(11)13-12(10)7-15-8-16-13/h1-8H. The maximum absolute atomic E-state index is 4.43. The lowest BCUT2D eigenvalue weighted by atomic mass is 10.0. The largest absolute Gasteiger partial charge is 0.244 e. The summed E-state index contributed by atoms with van der Waals surface area (Å²) < 4.78 is 1.25. The highest BCUT2D eigenvalue weighted by Crippen LogP contribution is 2.35. The van der Waals surface area contributed by atoms with Crippen LogP contribution in [-0.4, -0.2) is 9.97 Å². The van der Waals surface area contributed by atoms with Crippen molar-refractivity contribution in [2.75, 3.05) is 0 Å². The molecular formula is C14H8N2S. The second kappa shape index (κ2) is 3.25. The van der Waals surface area contributed by atoms with Crippen LogP contribution in [0.1, 0.15) is 0 Å². The third kappa shape index (κ3) is 1.14. The van der Waals surface area contributed by atoms with Gasteiger partial charge in [0.15, 0.2) is 0 Å². The molecule has 0 amide bonds. The fourth-order valence-electron chi connectivity index (χ4n) is 2.37. The minimum absolute atomic E-state index is 1.06. The highest BCUT2D eigenvalue weighted by atomic mass is 32.1. The predicted molar refractivity (Wildman–Crippen MR) is 72.4 cm³/mol. The Bertz CT molecular complexity index is 779. The monoisotopic (exact) mass is 236 g/mol. The predicted octanol–water partition coefficient (Wildman–Crippen LogP) is 4.00. The van der Waals surface area contributed by atoms with Crippen molar-refractivity contribution >= 4 is 43.1 Å². The van der Waals surface area contributed by atoms with Gasteiger partial charge in [-0.05, 0) is 22.2 Å². The van der Waals surface area contributed by atoms with Gasteiger partial charge in [0.1, 0.15) is 6.33 Å². The van der Waals surface area contributed by atoms with Gasteiger partial charge in [0.05, 0.1) is 10.2 Å². The minimum atomic E-state index is 1.06. The molecule has 0 unspecified atom stereocenters. The van der Waals surface area contributed by atoms with E-state index in [9.17, 15) is 0 Å². The van der Waals surface area contributed by atoms with Crippen LogP contribution in [0, 0.1) is 0 Å². The molecular weight excluding hydrogens is 228 g/mol. The lowest BCUT2D eigenvalue weighted by Crippen LogP contribution is -1.83. The zero-order chi connectivity index (χ0) is 11.2. The molecule has 4 aromatic rings. The fourth-order valence-corrected chi connectivity index (χ4v) is 3.28. The molecule has 0 radical (unpaired) electrons. The van der Waals surface area contributed by atoms with Crippen LogP contribution in [0.15, 0.2) is 48.2 Å². The molecule has 80 valence electrons. The molecule has 0 atom stereocenters. The number of fused-ring (bicyclic) bond motifs is 6. The van der Waals surface area contributed by atoms with E-state index in [-0.39, 0.29) is 0 Å². The van der Waals surface area contributed by atoms with Crippen LogP contribution in [0.4, 0.5) is 0 Å². The van der Waals surface area contributed by atoms with Crippen molar-refractivity contribution in [1.82, 2.24) is 9.97 Å². The van der Waals surface area contributed by atoms with E-state index in [1.165, 1.54) is 20.9 Å². The van der Waals surface area contributed by atoms with Crippen molar-refractivity contribution in [3.63, 3.8) is 0 Å². The summed E-state index contributed by atoms with van der Waals surface area (Å²) in [4.78, 5) is 8.58. The number of aromatic nitrogens is 2. The Balaban J connectivity index is 2.48. The summed E-state index contributed by atoms with van der Waals surface area (Å²) in [5.41, 5.74) is 1.06. The Hall–Kier alpha value is -2.00. The first-order valence-corrected chi connectivity index (χ1v) is 6.31. The Kier molecular flexibility index (Phi) is 1.73. The van der Waals surface area contributed by atoms with Gasteiger partial charge in [0.2, 0.25) is 0 Å². The van der Waals surface area contributed by atoms with E-state index >= 15 is 0 Å². The average Bonchev–Trinajstić information content (AvgIpc) is 2.89. The molecule has 2 heterocycles. The zero-order valence-corrected chi connectivity index (χ0v) is 9.74. The zero-order valence-electron chi connectivity index (χ0n) is 8.92. The summed E-state index contributed by atoms with van der Waals surface area (Å²) in [6.45, 7) is 0. The quantitative estimate of drug-likeness (QED) is 0.431. The van der Waals surface area contributed by atoms with Crippen molar-refractivity contribution in [2.45, 2.75) is 0 Å². The van der Waals surface area contributed by atoms with Gasteiger partial charge >= 0.3 is 0 Å². The molecule has 0 aliphatic heterocycles. The van der Waals surface area contributed by atoms with Crippen LogP contribution in [0.5, 0.6) is 0 Å². The van der Waals surface area contributed by atoms with Gasteiger partial charge in [-0.3, -0.25) is 0 Å². The van der Waals surface area contributed by atoms with Crippen LogP contribution < -0.4 is 0 Å². The molecule has 0 bridgehead atoms. The van der Waals surface area contributed by atoms with E-state index in [0.717, 1.165) is 10.9 Å². The maximum atomic E-state index is 4.43. The minimum Gasteiger partial charge on any atom is -0.244 e. The lowest BCUT2D eigenvalue weighted by molar-refractivity contribution is 1.23.